The molecule has 0 amide bonds. The topological polar surface area (TPSA) is 0 Å². The largest absolute Gasteiger partial charge is 1.00 e. The van der Waals surface area contributed by atoms with Gasteiger partial charge in [0.1, 0.15) is 0 Å². The SMILES string of the molecule is CCCCCCCC/C=C\CCCCCCCCC(CCCCCCCC/C=C\CCCCCCCC)[N+](C)(CCCCCCCC/C=C\CCCCCCCC)CCCCCCCC/C=C\CCCCCCCC.[Cl-]. The minimum Gasteiger partial charge on any atom is -1.00 e. The molecule has 0 aliphatic rings. The molecule has 0 radical (unpaired) electrons. The Morgan fingerprint density at radius 3 is 0.566 bits per heavy atom. The molecule has 0 saturated heterocycles. The minimum absolute atomic E-state index is 0. The second-order valence-electron chi connectivity index (χ2n) is 24.9. The summed E-state index contributed by atoms with van der Waals surface area (Å²) >= 11 is 0. The highest BCUT2D eigenvalue weighted by molar-refractivity contribution is 4.83. The number of rotatable bonds is 65. The molecule has 0 aromatic heterocycles. The van der Waals surface area contributed by atoms with Gasteiger partial charge in [-0.3, -0.25) is 0 Å². The molecule has 452 valence electrons. The molecule has 0 aromatic rings. The van der Waals surface area contributed by atoms with Crippen LogP contribution in [-0.4, -0.2) is 30.7 Å². The van der Waals surface area contributed by atoms with Crippen molar-refractivity contribution in [1.29, 1.82) is 0 Å². The Kier molecular flexibility index (Phi) is 69.6. The highest BCUT2D eigenvalue weighted by Gasteiger charge is 2.31. The van der Waals surface area contributed by atoms with Crippen LogP contribution in [0.25, 0.3) is 0 Å². The molecule has 0 rings (SSSR count). The Labute approximate surface area is 489 Å². The van der Waals surface area contributed by atoms with Gasteiger partial charge in [-0.2, -0.15) is 0 Å². The molecule has 0 atom stereocenters. The second kappa shape index (κ2) is 68.5. The average Bonchev–Trinajstić information content (AvgIpc) is 3.41. The number of hydrogen-bond donors (Lipinski definition) is 0. The van der Waals surface area contributed by atoms with Crippen molar-refractivity contribution in [3.05, 3.63) is 48.6 Å². The lowest BCUT2D eigenvalue weighted by Crippen LogP contribution is -3.00. The van der Waals surface area contributed by atoms with E-state index in [-0.39, 0.29) is 12.4 Å². The smallest absolute Gasteiger partial charge is 0.0888 e. The van der Waals surface area contributed by atoms with Gasteiger partial charge in [0.05, 0.1) is 26.2 Å². The van der Waals surface area contributed by atoms with Crippen molar-refractivity contribution in [2.75, 3.05) is 20.1 Å². The quantitative estimate of drug-likeness (QED) is 0.0323. The summed E-state index contributed by atoms with van der Waals surface area (Å²) in [5, 5.41) is 0. The molecular formula is C74H144ClN. The van der Waals surface area contributed by atoms with E-state index in [1.807, 2.05) is 0 Å². The van der Waals surface area contributed by atoms with Crippen LogP contribution >= 0.6 is 0 Å². The van der Waals surface area contributed by atoms with Crippen molar-refractivity contribution in [3.63, 3.8) is 0 Å². The van der Waals surface area contributed by atoms with Gasteiger partial charge in [-0.05, 0) is 154 Å². The van der Waals surface area contributed by atoms with E-state index in [0.29, 0.717) is 0 Å². The fourth-order valence-electron chi connectivity index (χ4n) is 11.9. The van der Waals surface area contributed by atoms with Crippen LogP contribution in [0.5, 0.6) is 0 Å². The molecule has 0 unspecified atom stereocenters. The fraction of sp³-hybridized carbons (Fsp3) is 0.892. The summed E-state index contributed by atoms with van der Waals surface area (Å²) in [7, 11) is 2.75. The lowest BCUT2D eigenvalue weighted by atomic mass is 9.95. The van der Waals surface area contributed by atoms with E-state index >= 15 is 0 Å². The first-order chi connectivity index (χ1) is 37.1. The lowest BCUT2D eigenvalue weighted by Gasteiger charge is -2.43. The summed E-state index contributed by atoms with van der Waals surface area (Å²) in [4.78, 5) is 0. The lowest BCUT2D eigenvalue weighted by molar-refractivity contribution is -0.934. The van der Waals surface area contributed by atoms with Crippen molar-refractivity contribution in [2.24, 2.45) is 0 Å². The fourth-order valence-corrected chi connectivity index (χ4v) is 11.9. The molecule has 76 heavy (non-hydrogen) atoms. The zero-order valence-corrected chi connectivity index (χ0v) is 54.2. The van der Waals surface area contributed by atoms with Crippen molar-refractivity contribution >= 4 is 0 Å². The van der Waals surface area contributed by atoms with E-state index in [9.17, 15) is 0 Å². The summed E-state index contributed by atoms with van der Waals surface area (Å²) in [5.41, 5.74) is 0. The molecule has 0 aromatic carbocycles. The Hall–Kier alpha value is -0.790. The van der Waals surface area contributed by atoms with Gasteiger partial charge in [-0.15, -0.1) is 0 Å². The predicted octanol–water partition coefficient (Wildman–Crippen LogP) is 23.7. The zero-order valence-electron chi connectivity index (χ0n) is 53.4. The maximum atomic E-state index is 2.75. The van der Waals surface area contributed by atoms with Crippen molar-refractivity contribution in [2.45, 2.75) is 406 Å². The number of nitrogens with zero attached hydrogens (tertiary/aromatic N) is 1. The Morgan fingerprint density at radius 2 is 0.368 bits per heavy atom. The van der Waals surface area contributed by atoms with Crippen LogP contribution in [0.15, 0.2) is 48.6 Å². The van der Waals surface area contributed by atoms with Gasteiger partial charge in [0.15, 0.2) is 0 Å². The molecule has 0 fully saturated rings. The van der Waals surface area contributed by atoms with E-state index in [2.05, 4.69) is 83.4 Å². The third kappa shape index (κ3) is 60.8. The second-order valence-corrected chi connectivity index (χ2v) is 24.9. The van der Waals surface area contributed by atoms with Gasteiger partial charge in [0, 0.05) is 0 Å². The maximum absolute atomic E-state index is 2.75. The van der Waals surface area contributed by atoms with E-state index in [1.54, 1.807) is 0 Å². The highest BCUT2D eigenvalue weighted by atomic mass is 35.5. The Balaban J connectivity index is 0. The van der Waals surface area contributed by atoms with Gasteiger partial charge in [0.25, 0.3) is 0 Å². The molecule has 0 N–H and O–H groups in total. The highest BCUT2D eigenvalue weighted by Crippen LogP contribution is 2.27. The van der Waals surface area contributed by atoms with Crippen LogP contribution in [-0.2, 0) is 0 Å². The van der Waals surface area contributed by atoms with Crippen molar-refractivity contribution in [1.82, 2.24) is 0 Å². The first kappa shape index (κ1) is 77.3. The summed E-state index contributed by atoms with van der Waals surface area (Å²) < 4.78 is 1.38. The summed E-state index contributed by atoms with van der Waals surface area (Å²) in [6.45, 7) is 12.1. The molecular weight excluding hydrogens is 938 g/mol. The van der Waals surface area contributed by atoms with Crippen LogP contribution in [0.3, 0.4) is 0 Å². The van der Waals surface area contributed by atoms with Crippen molar-refractivity contribution in [3.8, 4) is 0 Å². The number of hydrogen-bond acceptors (Lipinski definition) is 0. The average molecular weight is 1080 g/mol. The van der Waals surface area contributed by atoms with E-state index in [4.69, 9.17) is 0 Å². The summed E-state index contributed by atoms with van der Waals surface area (Å²) in [6, 6.07) is 0.866. The standard InChI is InChI=1S/C74H144N.ClH/c1-6-10-14-18-22-26-30-34-38-42-46-50-54-58-62-66-70-74(71-67-63-59-55-51-47-43-39-35-31-27-23-19-15-11-7-2)75(5,72-68-64-60-56-52-48-44-40-36-32-28-24-20-16-12-8-3)73-69-65-61-57-53-49-45-41-37-33-29-25-21-17-13-9-4;/h34-41,74H,6-33,42-73H2,1-5H3;1H/q+1;/p-1/b38-34-,39-35-,40-36-,41-37-;. The Morgan fingerprint density at radius 1 is 0.211 bits per heavy atom. The molecule has 1 nitrogen and oxygen atoms in total. The van der Waals surface area contributed by atoms with Crippen LogP contribution in [0, 0.1) is 0 Å². The first-order valence-corrected chi connectivity index (χ1v) is 35.6. The number of allylic oxidation sites excluding steroid dienone is 8. The Bertz CT molecular complexity index is 1070. The normalized spacial score (nSPS) is 12.3. The zero-order chi connectivity index (χ0) is 54.2. The number of halogens is 1. The molecule has 0 aliphatic carbocycles. The monoisotopic (exact) mass is 1080 g/mol. The van der Waals surface area contributed by atoms with E-state index in [1.165, 1.54) is 390 Å². The van der Waals surface area contributed by atoms with E-state index < -0.39 is 0 Å². The summed E-state index contributed by atoms with van der Waals surface area (Å²) in [5.74, 6) is 0. The van der Waals surface area contributed by atoms with Gasteiger partial charge in [-0.1, -0.05) is 295 Å². The van der Waals surface area contributed by atoms with Gasteiger partial charge < -0.3 is 16.9 Å². The van der Waals surface area contributed by atoms with Crippen LogP contribution in [0.2, 0.25) is 0 Å². The minimum atomic E-state index is 0. The van der Waals surface area contributed by atoms with Gasteiger partial charge >= 0.3 is 0 Å². The first-order valence-electron chi connectivity index (χ1n) is 35.6. The molecule has 0 bridgehead atoms. The number of quaternary nitrogens is 1. The third-order valence-corrected chi connectivity index (χ3v) is 17.3. The maximum Gasteiger partial charge on any atom is 0.0888 e. The van der Waals surface area contributed by atoms with Crippen LogP contribution in [0.4, 0.5) is 0 Å². The molecule has 0 spiro atoms. The summed E-state index contributed by atoms with van der Waals surface area (Å²) in [6.07, 6.45) is 102. The third-order valence-electron chi connectivity index (χ3n) is 17.3. The number of unbranched alkanes of at least 4 members (excludes halogenated alkanes) is 48. The molecule has 2 heteroatoms. The molecule has 0 heterocycles. The molecule has 0 aliphatic heterocycles. The molecule has 0 saturated carbocycles. The van der Waals surface area contributed by atoms with Crippen LogP contribution < -0.4 is 12.4 Å². The van der Waals surface area contributed by atoms with Crippen molar-refractivity contribution < 1.29 is 16.9 Å². The van der Waals surface area contributed by atoms with E-state index in [0.717, 1.165) is 6.04 Å². The predicted molar refractivity (Wildman–Crippen MR) is 347 cm³/mol. The van der Waals surface area contributed by atoms with Crippen LogP contribution in [0.1, 0.15) is 400 Å². The van der Waals surface area contributed by atoms with Gasteiger partial charge in [0.2, 0.25) is 0 Å². The van der Waals surface area contributed by atoms with Gasteiger partial charge in [-0.25, -0.2) is 0 Å².